The van der Waals surface area contributed by atoms with Gasteiger partial charge in [-0.2, -0.15) is 0 Å². The number of amides is 3. The smallest absolute Gasteiger partial charge is 0.253 e. The molecular weight excluding hydrogens is 528 g/mol. The molecular formula is C34H40N4O4. The highest BCUT2D eigenvalue weighted by Gasteiger charge is 2.51. The fourth-order valence-electron chi connectivity index (χ4n) is 5.66. The Morgan fingerprint density at radius 2 is 1.45 bits per heavy atom. The predicted molar refractivity (Wildman–Crippen MR) is 161 cm³/mol. The number of rotatable bonds is 13. The summed E-state index contributed by atoms with van der Waals surface area (Å²) in [6.07, 6.45) is 7.56. The molecule has 0 bridgehead atoms. The molecule has 42 heavy (non-hydrogen) atoms. The molecule has 5 rings (SSSR count). The van der Waals surface area contributed by atoms with Gasteiger partial charge in [-0.25, -0.2) is 0 Å². The van der Waals surface area contributed by atoms with E-state index >= 15 is 0 Å². The van der Waals surface area contributed by atoms with E-state index in [2.05, 4.69) is 57.3 Å². The van der Waals surface area contributed by atoms with E-state index in [-0.39, 0.29) is 11.8 Å². The van der Waals surface area contributed by atoms with Gasteiger partial charge in [0.15, 0.2) is 12.2 Å². The summed E-state index contributed by atoms with van der Waals surface area (Å²) in [6, 6.07) is 23.5. The van der Waals surface area contributed by atoms with Gasteiger partial charge in [-0.1, -0.05) is 92.8 Å². The van der Waals surface area contributed by atoms with E-state index in [1.165, 1.54) is 6.42 Å². The van der Waals surface area contributed by atoms with Crippen LogP contribution in [0.4, 0.5) is 0 Å². The van der Waals surface area contributed by atoms with Crippen molar-refractivity contribution in [3.05, 3.63) is 90.3 Å². The molecule has 3 aromatic rings. The molecule has 1 aromatic heterocycles. The summed E-state index contributed by atoms with van der Waals surface area (Å²) in [5, 5.41) is 8.73. The van der Waals surface area contributed by atoms with Gasteiger partial charge < -0.3 is 20.7 Å². The van der Waals surface area contributed by atoms with Gasteiger partial charge >= 0.3 is 0 Å². The summed E-state index contributed by atoms with van der Waals surface area (Å²) < 4.78 is 5.45. The van der Waals surface area contributed by atoms with Gasteiger partial charge in [-0.05, 0) is 47.6 Å². The van der Waals surface area contributed by atoms with Gasteiger partial charge in [0.2, 0.25) is 5.91 Å². The van der Waals surface area contributed by atoms with Gasteiger partial charge in [0.1, 0.15) is 6.04 Å². The average Bonchev–Trinajstić information content (AvgIpc) is 3.84. The normalized spacial score (nSPS) is 19.0. The number of epoxide rings is 1. The number of aromatic nitrogens is 1. The van der Waals surface area contributed by atoms with E-state index in [4.69, 9.17) is 4.74 Å². The van der Waals surface area contributed by atoms with Crippen LogP contribution in [0, 0.1) is 5.92 Å². The Morgan fingerprint density at radius 1 is 0.762 bits per heavy atom. The van der Waals surface area contributed by atoms with Crippen LogP contribution in [0.15, 0.2) is 79.0 Å². The van der Waals surface area contributed by atoms with E-state index in [9.17, 15) is 14.4 Å². The zero-order valence-electron chi connectivity index (χ0n) is 24.0. The molecule has 1 saturated carbocycles. The van der Waals surface area contributed by atoms with Crippen molar-refractivity contribution in [3.63, 3.8) is 0 Å². The Labute approximate surface area is 247 Å². The quantitative estimate of drug-likeness (QED) is 0.270. The first-order chi connectivity index (χ1) is 20.6. The highest BCUT2D eigenvalue weighted by Crippen LogP contribution is 2.28. The van der Waals surface area contributed by atoms with Gasteiger partial charge in [-0.15, -0.1) is 0 Å². The second kappa shape index (κ2) is 14.7. The SMILES string of the molecule is O=C(N[C@@H](CC1CCCCC1)C(=O)NCCc1ccccn1)C1O[C@@H]1C(=O)NCCc1ccc(-c2ccccc2)cc1. The Balaban J connectivity index is 1.07. The molecule has 1 aliphatic carbocycles. The van der Waals surface area contributed by atoms with Crippen molar-refractivity contribution >= 4 is 17.7 Å². The molecule has 2 heterocycles. The lowest BCUT2D eigenvalue weighted by molar-refractivity contribution is -0.130. The lowest BCUT2D eigenvalue weighted by Gasteiger charge is -2.26. The fourth-order valence-corrected chi connectivity index (χ4v) is 5.66. The number of nitrogens with zero attached hydrogens (tertiary/aromatic N) is 1. The van der Waals surface area contributed by atoms with Crippen molar-refractivity contribution in [1.29, 1.82) is 0 Å². The summed E-state index contributed by atoms with van der Waals surface area (Å²) in [5.74, 6) is -0.525. The Bertz CT molecular complexity index is 1310. The minimum Gasteiger partial charge on any atom is -0.354 e. The van der Waals surface area contributed by atoms with Crippen molar-refractivity contribution in [2.24, 2.45) is 5.92 Å². The number of carbonyl (C=O) groups is 3. The third-order valence-electron chi connectivity index (χ3n) is 8.12. The molecule has 1 unspecified atom stereocenters. The maximum atomic E-state index is 13.1. The monoisotopic (exact) mass is 568 g/mol. The zero-order valence-corrected chi connectivity index (χ0v) is 24.0. The average molecular weight is 569 g/mol. The van der Waals surface area contributed by atoms with Crippen molar-refractivity contribution in [3.8, 4) is 11.1 Å². The molecule has 8 heteroatoms. The van der Waals surface area contributed by atoms with E-state index in [1.807, 2.05) is 36.4 Å². The summed E-state index contributed by atoms with van der Waals surface area (Å²) in [6.45, 7) is 0.882. The summed E-state index contributed by atoms with van der Waals surface area (Å²) in [4.78, 5) is 43.1. The van der Waals surface area contributed by atoms with Gasteiger partial charge in [0.25, 0.3) is 11.8 Å². The number of nitrogens with one attached hydrogen (secondary N) is 3. The second-order valence-corrected chi connectivity index (χ2v) is 11.2. The summed E-state index contributed by atoms with van der Waals surface area (Å²) >= 11 is 0. The van der Waals surface area contributed by atoms with Gasteiger partial charge in [-0.3, -0.25) is 19.4 Å². The Morgan fingerprint density at radius 3 is 2.19 bits per heavy atom. The molecule has 2 fully saturated rings. The molecule has 2 aromatic carbocycles. The summed E-state index contributed by atoms with van der Waals surface area (Å²) in [7, 11) is 0. The van der Waals surface area contributed by atoms with E-state index in [1.54, 1.807) is 6.20 Å². The molecule has 220 valence electrons. The number of ether oxygens (including phenoxy) is 1. The van der Waals surface area contributed by atoms with Crippen LogP contribution in [0.25, 0.3) is 11.1 Å². The highest BCUT2D eigenvalue weighted by atomic mass is 16.6. The lowest BCUT2D eigenvalue weighted by atomic mass is 9.84. The highest BCUT2D eigenvalue weighted by molar-refractivity contribution is 5.97. The van der Waals surface area contributed by atoms with E-state index < -0.39 is 24.2 Å². The third kappa shape index (κ3) is 8.49. The number of hydrogen-bond donors (Lipinski definition) is 3. The maximum Gasteiger partial charge on any atom is 0.253 e. The van der Waals surface area contributed by atoms with Crippen molar-refractivity contribution in [2.75, 3.05) is 13.1 Å². The van der Waals surface area contributed by atoms with Crippen molar-refractivity contribution in [1.82, 2.24) is 20.9 Å². The van der Waals surface area contributed by atoms with Gasteiger partial charge in [0.05, 0.1) is 0 Å². The first-order valence-corrected chi connectivity index (χ1v) is 15.1. The van der Waals surface area contributed by atoms with Crippen LogP contribution in [-0.4, -0.2) is 54.0 Å². The van der Waals surface area contributed by atoms with Crippen molar-refractivity contribution in [2.45, 2.75) is 69.6 Å². The van der Waals surface area contributed by atoms with Crippen LogP contribution < -0.4 is 16.0 Å². The van der Waals surface area contributed by atoms with Gasteiger partial charge in [0, 0.05) is 31.4 Å². The molecule has 0 radical (unpaired) electrons. The maximum absolute atomic E-state index is 13.1. The number of pyridine rings is 1. The van der Waals surface area contributed by atoms with Crippen LogP contribution in [0.1, 0.15) is 49.8 Å². The van der Waals surface area contributed by atoms with Crippen molar-refractivity contribution < 1.29 is 19.1 Å². The molecule has 3 atom stereocenters. The largest absolute Gasteiger partial charge is 0.354 e. The third-order valence-corrected chi connectivity index (χ3v) is 8.12. The Hall–Kier alpha value is -4.04. The summed E-state index contributed by atoms with van der Waals surface area (Å²) in [5.41, 5.74) is 4.32. The zero-order chi connectivity index (χ0) is 29.1. The molecule has 2 aliphatic rings. The molecule has 1 saturated heterocycles. The molecule has 3 amide bonds. The minimum absolute atomic E-state index is 0.204. The van der Waals surface area contributed by atoms with Crippen LogP contribution >= 0.6 is 0 Å². The first-order valence-electron chi connectivity index (χ1n) is 15.1. The van der Waals surface area contributed by atoms with Crippen LogP contribution in [0.3, 0.4) is 0 Å². The van der Waals surface area contributed by atoms with E-state index in [0.29, 0.717) is 38.3 Å². The number of carbonyl (C=O) groups excluding carboxylic acids is 3. The standard InChI is InChI=1S/C34H40N4O4/c39-32(36-22-19-28-13-7-8-20-35-28)29(23-25-9-3-1-4-10-25)38-34(41)31-30(42-31)33(40)37-21-18-24-14-16-27(17-15-24)26-11-5-2-6-12-26/h2,5-8,11-17,20,25,29-31H,1,3-4,9-10,18-19,21-23H2,(H,36,39)(H,37,40)(H,38,41)/t29-,30-,31?/m0/s1. The molecule has 1 aliphatic heterocycles. The molecule has 8 nitrogen and oxygen atoms in total. The lowest BCUT2D eigenvalue weighted by Crippen LogP contribution is -2.50. The minimum atomic E-state index is -0.870. The van der Waals surface area contributed by atoms with E-state index in [0.717, 1.165) is 48.1 Å². The van der Waals surface area contributed by atoms with Crippen LogP contribution in [-0.2, 0) is 32.0 Å². The number of hydrogen-bond acceptors (Lipinski definition) is 5. The fraction of sp³-hybridized carbons (Fsp3) is 0.412. The molecule has 0 spiro atoms. The second-order valence-electron chi connectivity index (χ2n) is 11.2. The first kappa shape index (κ1) is 29.5. The topological polar surface area (TPSA) is 113 Å². The predicted octanol–water partition coefficient (Wildman–Crippen LogP) is 3.99. The van der Waals surface area contributed by atoms with Crippen LogP contribution in [0.2, 0.25) is 0 Å². The van der Waals surface area contributed by atoms with Crippen LogP contribution in [0.5, 0.6) is 0 Å². The number of benzene rings is 2. The Kier molecular flexibility index (Phi) is 10.3. The molecule has 3 N–H and O–H groups in total.